The number of nitrogens with one attached hydrogen (secondary N) is 1. The van der Waals surface area contributed by atoms with Crippen LogP contribution in [0.5, 0.6) is 0 Å². The van der Waals surface area contributed by atoms with Crippen molar-refractivity contribution in [3.8, 4) is 0 Å². The highest BCUT2D eigenvalue weighted by Gasteiger charge is 2.09. The number of benzene rings is 1. The minimum atomic E-state index is -0.205. The molecule has 100 valence electrons. The van der Waals surface area contributed by atoms with Gasteiger partial charge in [-0.1, -0.05) is 11.6 Å². The van der Waals surface area contributed by atoms with Gasteiger partial charge >= 0.3 is 0 Å². The number of anilines is 1. The molecule has 0 aliphatic heterocycles. The van der Waals surface area contributed by atoms with Gasteiger partial charge in [-0.3, -0.25) is 4.79 Å². The summed E-state index contributed by atoms with van der Waals surface area (Å²) in [5, 5.41) is 3.33. The van der Waals surface area contributed by atoms with Gasteiger partial charge in [0.25, 0.3) is 5.91 Å². The first-order valence-electron chi connectivity index (χ1n) is 5.87. The lowest BCUT2D eigenvalue weighted by Crippen LogP contribution is -2.27. The van der Waals surface area contributed by atoms with Gasteiger partial charge in [-0.25, -0.2) is 4.98 Å². The van der Waals surface area contributed by atoms with Gasteiger partial charge in [0.05, 0.1) is 5.56 Å². The smallest absolute Gasteiger partial charge is 0.253 e. The average molecular weight is 279 g/mol. The maximum Gasteiger partial charge on any atom is 0.253 e. The zero-order valence-electron chi connectivity index (χ0n) is 10.6. The number of rotatable bonds is 4. The van der Waals surface area contributed by atoms with Crippen LogP contribution >= 0.6 is 11.6 Å². The third-order valence-electron chi connectivity index (χ3n) is 2.81. The summed E-state index contributed by atoms with van der Waals surface area (Å²) in [5.41, 5.74) is 6.56. The summed E-state index contributed by atoms with van der Waals surface area (Å²) in [5.74, 6) is 0.716. The van der Waals surface area contributed by atoms with Crippen LogP contribution in [0.25, 0.3) is 0 Å². The van der Waals surface area contributed by atoms with Gasteiger partial charge < -0.3 is 15.6 Å². The van der Waals surface area contributed by atoms with Gasteiger partial charge in [-0.2, -0.15) is 0 Å². The second kappa shape index (κ2) is 5.75. The molecule has 0 atom stereocenters. The van der Waals surface area contributed by atoms with E-state index in [4.69, 9.17) is 17.3 Å². The van der Waals surface area contributed by atoms with Crippen molar-refractivity contribution in [2.24, 2.45) is 7.05 Å². The number of carbonyl (C=O) groups is 1. The number of amides is 1. The Labute approximate surface area is 116 Å². The predicted molar refractivity (Wildman–Crippen MR) is 75.1 cm³/mol. The zero-order valence-corrected chi connectivity index (χ0v) is 11.3. The Kier molecular flexibility index (Phi) is 4.06. The average Bonchev–Trinajstić information content (AvgIpc) is 2.75. The molecule has 19 heavy (non-hydrogen) atoms. The van der Waals surface area contributed by atoms with Crippen LogP contribution in [0.15, 0.2) is 30.6 Å². The minimum Gasteiger partial charge on any atom is -0.398 e. The van der Waals surface area contributed by atoms with Crippen molar-refractivity contribution in [2.45, 2.75) is 6.42 Å². The predicted octanol–water partition coefficient (Wildman–Crippen LogP) is 1.63. The highest BCUT2D eigenvalue weighted by molar-refractivity contribution is 6.31. The molecule has 0 fully saturated rings. The summed E-state index contributed by atoms with van der Waals surface area (Å²) in [7, 11) is 1.92. The van der Waals surface area contributed by atoms with E-state index in [9.17, 15) is 4.79 Å². The van der Waals surface area contributed by atoms with Crippen molar-refractivity contribution in [2.75, 3.05) is 12.3 Å². The van der Waals surface area contributed by atoms with Crippen molar-refractivity contribution in [3.63, 3.8) is 0 Å². The van der Waals surface area contributed by atoms with Crippen LogP contribution in [-0.4, -0.2) is 22.0 Å². The fourth-order valence-electron chi connectivity index (χ4n) is 1.76. The molecule has 3 N–H and O–H groups in total. The van der Waals surface area contributed by atoms with Crippen LogP contribution in [0.1, 0.15) is 16.2 Å². The number of hydrogen-bond acceptors (Lipinski definition) is 3. The molecule has 1 amide bonds. The Balaban J connectivity index is 1.93. The van der Waals surface area contributed by atoms with Crippen molar-refractivity contribution >= 4 is 23.2 Å². The number of carbonyl (C=O) groups excluding carboxylic acids is 1. The molecule has 0 aliphatic rings. The number of nitrogen functional groups attached to an aromatic ring is 1. The molecule has 0 saturated carbocycles. The van der Waals surface area contributed by atoms with Crippen LogP contribution in [0, 0.1) is 0 Å². The van der Waals surface area contributed by atoms with E-state index in [0.717, 1.165) is 5.82 Å². The fourth-order valence-corrected chi connectivity index (χ4v) is 1.94. The molecule has 0 unspecified atom stereocenters. The number of halogens is 1. The van der Waals surface area contributed by atoms with E-state index in [0.29, 0.717) is 29.2 Å². The second-order valence-electron chi connectivity index (χ2n) is 4.19. The van der Waals surface area contributed by atoms with Gasteiger partial charge in [-0.15, -0.1) is 0 Å². The molecular weight excluding hydrogens is 264 g/mol. The maximum absolute atomic E-state index is 11.9. The van der Waals surface area contributed by atoms with Crippen molar-refractivity contribution < 1.29 is 4.79 Å². The number of hydrogen-bond donors (Lipinski definition) is 2. The second-order valence-corrected chi connectivity index (χ2v) is 4.63. The van der Waals surface area contributed by atoms with Crippen LogP contribution in [0.3, 0.4) is 0 Å². The third-order valence-corrected chi connectivity index (χ3v) is 3.05. The molecule has 2 aromatic rings. The molecule has 0 aliphatic carbocycles. The molecule has 6 heteroatoms. The van der Waals surface area contributed by atoms with Gasteiger partial charge in [0.15, 0.2) is 0 Å². The number of imidazole rings is 1. The topological polar surface area (TPSA) is 72.9 Å². The highest BCUT2D eigenvalue weighted by atomic mass is 35.5. The normalized spacial score (nSPS) is 10.4. The number of nitrogens with two attached hydrogens (primary N) is 1. The van der Waals surface area contributed by atoms with Gasteiger partial charge in [0, 0.05) is 43.1 Å². The fraction of sp³-hybridized carbons (Fsp3) is 0.231. The van der Waals surface area contributed by atoms with Crippen molar-refractivity contribution in [1.82, 2.24) is 14.9 Å². The summed E-state index contributed by atoms with van der Waals surface area (Å²) in [6.45, 7) is 0.506. The lowest BCUT2D eigenvalue weighted by Gasteiger charge is -2.07. The number of aromatic nitrogens is 2. The van der Waals surface area contributed by atoms with Crippen molar-refractivity contribution in [1.29, 1.82) is 0 Å². The van der Waals surface area contributed by atoms with Gasteiger partial charge in [0.1, 0.15) is 5.82 Å². The lowest BCUT2D eigenvalue weighted by molar-refractivity contribution is 0.0955. The molecule has 1 heterocycles. The molecule has 1 aromatic heterocycles. The Bertz CT molecular complexity index is 594. The van der Waals surface area contributed by atoms with Gasteiger partial charge in [-0.05, 0) is 18.2 Å². The monoisotopic (exact) mass is 278 g/mol. The zero-order chi connectivity index (χ0) is 13.8. The molecule has 0 saturated heterocycles. The molecule has 0 spiro atoms. The van der Waals surface area contributed by atoms with E-state index in [1.807, 2.05) is 17.8 Å². The largest absolute Gasteiger partial charge is 0.398 e. The quantitative estimate of drug-likeness (QED) is 0.835. The SMILES string of the molecule is Cn1ccnc1CCNC(=O)c1ccc(Cl)cc1N. The molecule has 0 radical (unpaired) electrons. The molecule has 2 rings (SSSR count). The first-order chi connectivity index (χ1) is 9.08. The first kappa shape index (κ1) is 13.4. The number of aryl methyl sites for hydroxylation is 1. The summed E-state index contributed by atoms with van der Waals surface area (Å²) in [6.07, 6.45) is 4.27. The highest BCUT2D eigenvalue weighted by Crippen LogP contribution is 2.17. The van der Waals surface area contributed by atoms with E-state index in [1.165, 1.54) is 0 Å². The maximum atomic E-state index is 11.9. The summed E-state index contributed by atoms with van der Waals surface area (Å²) < 4.78 is 1.92. The standard InChI is InChI=1S/C13H15ClN4O/c1-18-7-6-16-12(18)4-5-17-13(19)10-3-2-9(14)8-11(10)15/h2-3,6-8H,4-5,15H2,1H3,(H,17,19). The molecular formula is C13H15ClN4O. The minimum absolute atomic E-state index is 0.205. The van der Waals surface area contributed by atoms with E-state index in [-0.39, 0.29) is 5.91 Å². The lowest BCUT2D eigenvalue weighted by atomic mass is 10.1. The summed E-state index contributed by atoms with van der Waals surface area (Å²) in [4.78, 5) is 16.1. The Morgan fingerprint density at radius 3 is 2.95 bits per heavy atom. The van der Waals surface area contributed by atoms with Crippen molar-refractivity contribution in [3.05, 3.63) is 47.0 Å². The van der Waals surface area contributed by atoms with E-state index in [1.54, 1.807) is 24.4 Å². The van der Waals surface area contributed by atoms with Crippen LogP contribution in [-0.2, 0) is 13.5 Å². The Morgan fingerprint density at radius 1 is 1.53 bits per heavy atom. The van der Waals surface area contributed by atoms with E-state index < -0.39 is 0 Å². The molecule has 1 aromatic carbocycles. The van der Waals surface area contributed by atoms with E-state index in [2.05, 4.69) is 10.3 Å². The first-order valence-corrected chi connectivity index (χ1v) is 6.25. The van der Waals surface area contributed by atoms with Crippen LogP contribution < -0.4 is 11.1 Å². The van der Waals surface area contributed by atoms with Gasteiger partial charge in [0.2, 0.25) is 0 Å². The summed E-state index contributed by atoms with van der Waals surface area (Å²) in [6, 6.07) is 4.83. The summed E-state index contributed by atoms with van der Waals surface area (Å²) >= 11 is 5.79. The third kappa shape index (κ3) is 3.26. The molecule has 0 bridgehead atoms. The van der Waals surface area contributed by atoms with Crippen LogP contribution in [0.2, 0.25) is 5.02 Å². The molecule has 5 nitrogen and oxygen atoms in total. The Hall–Kier alpha value is -2.01. The van der Waals surface area contributed by atoms with E-state index >= 15 is 0 Å². The number of nitrogens with zero attached hydrogens (tertiary/aromatic N) is 2. The Morgan fingerprint density at radius 2 is 2.32 bits per heavy atom. The van der Waals surface area contributed by atoms with Crippen LogP contribution in [0.4, 0.5) is 5.69 Å².